The van der Waals surface area contributed by atoms with Gasteiger partial charge in [-0.3, -0.25) is 24.0 Å². The van der Waals surface area contributed by atoms with Gasteiger partial charge in [0.25, 0.3) is 0 Å². The van der Waals surface area contributed by atoms with E-state index in [4.69, 9.17) is 19.3 Å². The van der Waals surface area contributed by atoms with Gasteiger partial charge < -0.3 is 24.3 Å². The zero-order valence-electron chi connectivity index (χ0n) is 24.5. The molecular weight excluding hydrogens is 592 g/mol. The Hall–Kier alpha value is -3.17. The number of hydrogen-bond donors (Lipinski definition) is 2. The molecule has 0 aromatic heterocycles. The Morgan fingerprint density at radius 1 is 1.00 bits per heavy atom. The Labute approximate surface area is 250 Å². The summed E-state index contributed by atoms with van der Waals surface area (Å²) < 4.78 is 42.7. The standard InChI is InChI=1S/C27H40N2O11S2/c1-6-27(3,26(34)40-13-12-39-23(31)17-41-14-11-22(30)37-4)16-19(25(33)38-5)15-18(2)24(32)29-20-7-9-21(10-8-20)42(28,35)36/h7-10,18-19H,6,11-17H2,1-5H3,(H,29,32)(H2,28,35,36). The van der Waals surface area contributed by atoms with Crippen LogP contribution in [-0.2, 0) is 52.9 Å². The molecule has 1 aromatic rings. The molecule has 0 heterocycles. The number of methoxy groups -OCH3 is 2. The number of hydrogen-bond acceptors (Lipinski definition) is 12. The van der Waals surface area contributed by atoms with E-state index in [1.807, 2.05) is 0 Å². The summed E-state index contributed by atoms with van der Waals surface area (Å²) in [6.45, 7) is 4.69. The summed E-state index contributed by atoms with van der Waals surface area (Å²) in [7, 11) is -1.37. The van der Waals surface area contributed by atoms with E-state index < -0.39 is 51.1 Å². The van der Waals surface area contributed by atoms with Crippen molar-refractivity contribution in [3.63, 3.8) is 0 Å². The third kappa shape index (κ3) is 12.8. The van der Waals surface area contributed by atoms with Crippen molar-refractivity contribution in [2.45, 2.75) is 51.3 Å². The quantitative estimate of drug-likeness (QED) is 0.136. The first kappa shape index (κ1) is 36.9. The first-order valence-corrected chi connectivity index (χ1v) is 15.9. The third-order valence-electron chi connectivity index (χ3n) is 6.52. The van der Waals surface area contributed by atoms with Gasteiger partial charge in [-0.1, -0.05) is 13.8 Å². The van der Waals surface area contributed by atoms with E-state index in [9.17, 15) is 32.4 Å². The molecule has 0 bridgehead atoms. The van der Waals surface area contributed by atoms with Crippen LogP contribution in [0.4, 0.5) is 5.69 Å². The fourth-order valence-electron chi connectivity index (χ4n) is 3.79. The number of sulfonamides is 1. The Bertz CT molecular complexity index is 1190. The van der Waals surface area contributed by atoms with Gasteiger partial charge in [0.1, 0.15) is 13.2 Å². The molecule has 0 radical (unpaired) electrons. The topological polar surface area (TPSA) is 194 Å². The lowest BCUT2D eigenvalue weighted by atomic mass is 9.76. The minimum Gasteiger partial charge on any atom is -0.469 e. The van der Waals surface area contributed by atoms with Gasteiger partial charge in [0, 0.05) is 17.4 Å². The average molecular weight is 633 g/mol. The number of carbonyl (C=O) groups excluding carboxylic acids is 5. The molecule has 0 saturated heterocycles. The monoisotopic (exact) mass is 632 g/mol. The van der Waals surface area contributed by atoms with Gasteiger partial charge in [0.15, 0.2) is 0 Å². The summed E-state index contributed by atoms with van der Waals surface area (Å²) in [6, 6.07) is 5.32. The van der Waals surface area contributed by atoms with Crippen LogP contribution in [0.1, 0.15) is 46.5 Å². The summed E-state index contributed by atoms with van der Waals surface area (Å²) in [5.41, 5.74) is -0.747. The molecule has 0 fully saturated rings. The maximum absolute atomic E-state index is 13.0. The molecule has 236 valence electrons. The molecule has 15 heteroatoms. The largest absolute Gasteiger partial charge is 0.469 e. The summed E-state index contributed by atoms with van der Waals surface area (Å²) in [5.74, 6) is -3.52. The molecule has 42 heavy (non-hydrogen) atoms. The van der Waals surface area contributed by atoms with Crippen LogP contribution >= 0.6 is 11.8 Å². The van der Waals surface area contributed by atoms with E-state index in [0.29, 0.717) is 17.9 Å². The molecule has 0 spiro atoms. The van der Waals surface area contributed by atoms with Crippen molar-refractivity contribution < 1.29 is 51.3 Å². The number of nitrogens with one attached hydrogen (secondary N) is 1. The van der Waals surface area contributed by atoms with Crippen LogP contribution in [0.25, 0.3) is 0 Å². The number of ether oxygens (including phenoxy) is 4. The predicted octanol–water partition coefficient (Wildman–Crippen LogP) is 2.28. The molecule has 3 atom stereocenters. The van der Waals surface area contributed by atoms with Gasteiger partial charge in [-0.05, 0) is 50.5 Å². The van der Waals surface area contributed by atoms with E-state index in [2.05, 4.69) is 10.1 Å². The SMILES string of the molecule is CCC(C)(CC(CC(C)C(=O)Nc1ccc(S(N)(=O)=O)cc1)C(=O)OC)C(=O)OCCOC(=O)CSCCC(=O)OC. The lowest BCUT2D eigenvalue weighted by Gasteiger charge is -2.30. The average Bonchev–Trinajstić information content (AvgIpc) is 2.95. The highest BCUT2D eigenvalue weighted by Crippen LogP contribution is 2.35. The van der Waals surface area contributed by atoms with E-state index in [1.54, 1.807) is 20.8 Å². The highest BCUT2D eigenvalue weighted by Gasteiger charge is 2.39. The minimum absolute atomic E-state index is 0.0328. The summed E-state index contributed by atoms with van der Waals surface area (Å²) in [4.78, 5) is 61.2. The second kappa shape index (κ2) is 17.7. The van der Waals surface area contributed by atoms with Crippen LogP contribution in [0.3, 0.4) is 0 Å². The maximum Gasteiger partial charge on any atom is 0.316 e. The van der Waals surface area contributed by atoms with Crippen LogP contribution in [0.5, 0.6) is 0 Å². The van der Waals surface area contributed by atoms with Crippen LogP contribution in [0.15, 0.2) is 29.2 Å². The zero-order valence-corrected chi connectivity index (χ0v) is 26.1. The van der Waals surface area contributed by atoms with Crippen molar-refractivity contribution in [2.24, 2.45) is 22.4 Å². The normalized spacial score (nSPS) is 14.0. The number of nitrogens with two attached hydrogens (primary N) is 1. The van der Waals surface area contributed by atoms with Crippen LogP contribution < -0.4 is 10.5 Å². The first-order valence-electron chi connectivity index (χ1n) is 13.2. The van der Waals surface area contributed by atoms with Crippen molar-refractivity contribution in [3.8, 4) is 0 Å². The van der Waals surface area contributed by atoms with Crippen molar-refractivity contribution in [3.05, 3.63) is 24.3 Å². The first-order chi connectivity index (χ1) is 19.7. The van der Waals surface area contributed by atoms with Crippen molar-refractivity contribution >= 4 is 57.3 Å². The minimum atomic E-state index is -3.88. The number of esters is 4. The third-order valence-corrected chi connectivity index (χ3v) is 8.38. The second-order valence-corrected chi connectivity index (χ2v) is 12.4. The molecule has 3 unspecified atom stereocenters. The fraction of sp³-hybridized carbons (Fsp3) is 0.593. The van der Waals surface area contributed by atoms with E-state index in [1.165, 1.54) is 50.2 Å². The van der Waals surface area contributed by atoms with Gasteiger partial charge in [0.2, 0.25) is 15.9 Å². The van der Waals surface area contributed by atoms with Crippen LogP contribution in [0.2, 0.25) is 0 Å². The van der Waals surface area contributed by atoms with Crippen molar-refractivity contribution in [2.75, 3.05) is 44.3 Å². The van der Waals surface area contributed by atoms with Gasteiger partial charge in [0.05, 0.1) is 42.6 Å². The molecule has 1 amide bonds. The summed E-state index contributed by atoms with van der Waals surface area (Å²) >= 11 is 1.22. The number of rotatable bonds is 18. The number of amides is 1. The fourth-order valence-corrected chi connectivity index (χ4v) is 5.01. The van der Waals surface area contributed by atoms with Crippen molar-refractivity contribution in [1.29, 1.82) is 0 Å². The number of thioether (sulfide) groups is 1. The molecule has 3 N–H and O–H groups in total. The van der Waals surface area contributed by atoms with Crippen molar-refractivity contribution in [1.82, 2.24) is 0 Å². The number of carbonyl (C=O) groups is 5. The number of benzene rings is 1. The molecule has 1 rings (SSSR count). The number of anilines is 1. The summed E-state index contributed by atoms with van der Waals surface area (Å²) in [5, 5.41) is 7.76. The molecule has 0 saturated carbocycles. The predicted molar refractivity (Wildman–Crippen MR) is 155 cm³/mol. The Morgan fingerprint density at radius 3 is 2.17 bits per heavy atom. The second-order valence-electron chi connectivity index (χ2n) is 9.77. The lowest BCUT2D eigenvalue weighted by Crippen LogP contribution is -2.36. The molecular formula is C27H40N2O11S2. The van der Waals surface area contributed by atoms with E-state index in [-0.39, 0.29) is 49.1 Å². The highest BCUT2D eigenvalue weighted by molar-refractivity contribution is 7.99. The van der Waals surface area contributed by atoms with Gasteiger partial charge in [-0.25, -0.2) is 13.6 Å². The van der Waals surface area contributed by atoms with Gasteiger partial charge in [-0.15, -0.1) is 11.8 Å². The smallest absolute Gasteiger partial charge is 0.316 e. The van der Waals surface area contributed by atoms with Crippen LogP contribution in [-0.4, -0.2) is 77.1 Å². The van der Waals surface area contributed by atoms with E-state index in [0.717, 1.165) is 0 Å². The van der Waals surface area contributed by atoms with Gasteiger partial charge in [-0.2, -0.15) is 0 Å². The molecule has 0 aliphatic heterocycles. The number of primary sulfonamides is 1. The maximum atomic E-state index is 13.0. The highest BCUT2D eigenvalue weighted by atomic mass is 32.2. The molecule has 1 aromatic carbocycles. The zero-order chi connectivity index (χ0) is 31.9. The van der Waals surface area contributed by atoms with E-state index >= 15 is 0 Å². The van der Waals surface area contributed by atoms with Crippen LogP contribution in [0, 0.1) is 17.3 Å². The summed E-state index contributed by atoms with van der Waals surface area (Å²) in [6.07, 6.45) is 0.621. The Balaban J connectivity index is 2.68. The van der Waals surface area contributed by atoms with Gasteiger partial charge >= 0.3 is 23.9 Å². The lowest BCUT2D eigenvalue weighted by molar-refractivity contribution is -0.162. The molecule has 0 aliphatic rings. The molecule has 0 aliphatic carbocycles. The Morgan fingerprint density at radius 2 is 1.62 bits per heavy atom. The molecule has 13 nitrogen and oxygen atoms in total. The Kier molecular flexibility index (Phi) is 15.5.